The quantitative estimate of drug-likeness (QED) is 0.847. The van der Waals surface area contributed by atoms with Gasteiger partial charge < -0.3 is 5.32 Å². The minimum absolute atomic E-state index is 0.0114. The minimum atomic E-state index is -0.102. The molecule has 2 heterocycles. The number of nitrogens with zero attached hydrogens (tertiary/aromatic N) is 1. The van der Waals surface area contributed by atoms with Crippen LogP contribution in [-0.4, -0.2) is 21.4 Å². The SMILES string of the molecule is Cc1ccc(C2SC(C)C(=O)Nc3n[nH]c(C)c32)cc1. The maximum absolute atomic E-state index is 12.0. The highest BCUT2D eigenvalue weighted by Gasteiger charge is 2.31. The highest BCUT2D eigenvalue weighted by molar-refractivity contribution is 8.01. The Balaban J connectivity index is 2.10. The van der Waals surface area contributed by atoms with Gasteiger partial charge in [-0.05, 0) is 26.3 Å². The molecule has 0 aliphatic carbocycles. The summed E-state index contributed by atoms with van der Waals surface area (Å²) in [4.78, 5) is 12.0. The van der Waals surface area contributed by atoms with Gasteiger partial charge in [0.15, 0.2) is 5.82 Å². The van der Waals surface area contributed by atoms with E-state index in [1.54, 1.807) is 11.8 Å². The van der Waals surface area contributed by atoms with Crippen molar-refractivity contribution in [1.82, 2.24) is 10.2 Å². The first kappa shape index (κ1) is 13.2. The molecular formula is C15H17N3OS. The number of carbonyl (C=O) groups excluding carboxylic acids is 1. The summed E-state index contributed by atoms with van der Waals surface area (Å²) in [6, 6.07) is 8.48. The number of aromatic nitrogens is 2. The third-order valence-electron chi connectivity index (χ3n) is 3.59. The fourth-order valence-electron chi connectivity index (χ4n) is 2.39. The number of aromatic amines is 1. The van der Waals surface area contributed by atoms with Gasteiger partial charge in [-0.1, -0.05) is 29.8 Å². The first-order valence-electron chi connectivity index (χ1n) is 6.64. The zero-order chi connectivity index (χ0) is 14.3. The van der Waals surface area contributed by atoms with Crippen LogP contribution in [0.1, 0.15) is 34.6 Å². The normalized spacial score (nSPS) is 22.1. The number of H-pyrrole nitrogens is 1. The summed E-state index contributed by atoms with van der Waals surface area (Å²) in [5.41, 5.74) is 4.53. The standard InChI is InChI=1S/C15H17N3OS/c1-8-4-6-11(7-5-8)13-12-9(2)17-18-14(12)16-15(19)10(3)20-13/h4-7,10,13H,1-3H3,(H2,16,17,18,19). The number of amides is 1. The second-order valence-corrected chi connectivity index (χ2v) is 6.62. The monoisotopic (exact) mass is 287 g/mol. The van der Waals surface area contributed by atoms with Crippen LogP contribution in [0.4, 0.5) is 5.82 Å². The smallest absolute Gasteiger partial charge is 0.238 e. The maximum atomic E-state index is 12.0. The molecule has 2 N–H and O–H groups in total. The number of hydrogen-bond acceptors (Lipinski definition) is 3. The Kier molecular flexibility index (Phi) is 3.30. The second-order valence-electron chi connectivity index (χ2n) is 5.17. The predicted molar refractivity (Wildman–Crippen MR) is 82.0 cm³/mol. The van der Waals surface area contributed by atoms with E-state index in [9.17, 15) is 4.79 Å². The van der Waals surface area contributed by atoms with Crippen molar-refractivity contribution in [2.75, 3.05) is 5.32 Å². The van der Waals surface area contributed by atoms with Gasteiger partial charge in [0.1, 0.15) is 0 Å². The lowest BCUT2D eigenvalue weighted by Crippen LogP contribution is -2.21. The fourth-order valence-corrected chi connectivity index (χ4v) is 3.72. The molecule has 20 heavy (non-hydrogen) atoms. The van der Waals surface area contributed by atoms with Gasteiger partial charge in [-0.2, -0.15) is 5.10 Å². The average Bonchev–Trinajstić information content (AvgIpc) is 2.71. The van der Waals surface area contributed by atoms with Crippen molar-refractivity contribution < 1.29 is 4.79 Å². The number of rotatable bonds is 1. The van der Waals surface area contributed by atoms with Crippen LogP contribution in [-0.2, 0) is 4.79 Å². The van der Waals surface area contributed by atoms with Crippen LogP contribution in [0, 0.1) is 13.8 Å². The summed E-state index contributed by atoms with van der Waals surface area (Å²) >= 11 is 1.66. The molecule has 1 aliphatic rings. The number of thioether (sulfide) groups is 1. The van der Waals surface area contributed by atoms with Gasteiger partial charge in [-0.15, -0.1) is 11.8 Å². The summed E-state index contributed by atoms with van der Waals surface area (Å²) in [5, 5.41) is 10.1. The lowest BCUT2D eigenvalue weighted by Gasteiger charge is -2.17. The minimum Gasteiger partial charge on any atom is -0.308 e. The van der Waals surface area contributed by atoms with Crippen molar-refractivity contribution in [3.8, 4) is 0 Å². The summed E-state index contributed by atoms with van der Waals surface area (Å²) in [5.74, 6) is 0.673. The third kappa shape index (κ3) is 2.22. The summed E-state index contributed by atoms with van der Waals surface area (Å²) in [6.07, 6.45) is 0. The van der Waals surface area contributed by atoms with E-state index in [1.807, 2.05) is 13.8 Å². The molecule has 2 atom stereocenters. The van der Waals surface area contributed by atoms with Gasteiger partial charge >= 0.3 is 0 Å². The van der Waals surface area contributed by atoms with E-state index in [1.165, 1.54) is 11.1 Å². The highest BCUT2D eigenvalue weighted by Crippen LogP contribution is 2.44. The molecule has 1 aromatic carbocycles. The van der Waals surface area contributed by atoms with Gasteiger partial charge in [-0.25, -0.2) is 0 Å². The molecule has 1 aromatic heterocycles. The zero-order valence-corrected chi connectivity index (χ0v) is 12.5. The molecule has 1 aliphatic heterocycles. The average molecular weight is 287 g/mol. The number of fused-ring (bicyclic) bond motifs is 1. The van der Waals surface area contributed by atoms with E-state index >= 15 is 0 Å². The lowest BCUT2D eigenvalue weighted by atomic mass is 10.0. The Morgan fingerprint density at radius 1 is 1.20 bits per heavy atom. The molecule has 0 bridgehead atoms. The molecule has 0 saturated heterocycles. The van der Waals surface area contributed by atoms with Crippen LogP contribution < -0.4 is 5.32 Å². The van der Waals surface area contributed by atoms with Gasteiger partial charge in [0.05, 0.1) is 10.5 Å². The van der Waals surface area contributed by atoms with Crippen LogP contribution in [0.3, 0.4) is 0 Å². The molecule has 1 amide bonds. The molecule has 3 rings (SSSR count). The fraction of sp³-hybridized carbons (Fsp3) is 0.333. The van der Waals surface area contributed by atoms with E-state index in [0.29, 0.717) is 5.82 Å². The van der Waals surface area contributed by atoms with E-state index in [2.05, 4.69) is 46.7 Å². The molecule has 5 heteroatoms. The first-order valence-corrected chi connectivity index (χ1v) is 7.58. The van der Waals surface area contributed by atoms with Crippen LogP contribution in [0.2, 0.25) is 0 Å². The van der Waals surface area contributed by atoms with Crippen LogP contribution in [0.15, 0.2) is 24.3 Å². The molecule has 0 saturated carbocycles. The number of benzene rings is 1. The molecule has 0 spiro atoms. The van der Waals surface area contributed by atoms with Crippen molar-refractivity contribution in [1.29, 1.82) is 0 Å². The molecule has 2 unspecified atom stereocenters. The molecule has 0 radical (unpaired) electrons. The topological polar surface area (TPSA) is 57.8 Å². The molecule has 104 valence electrons. The van der Waals surface area contributed by atoms with Crippen molar-refractivity contribution in [2.24, 2.45) is 0 Å². The molecular weight excluding hydrogens is 270 g/mol. The van der Waals surface area contributed by atoms with Crippen LogP contribution in [0.5, 0.6) is 0 Å². The van der Waals surface area contributed by atoms with Gasteiger partial charge in [0.2, 0.25) is 5.91 Å². The van der Waals surface area contributed by atoms with E-state index in [0.717, 1.165) is 11.3 Å². The van der Waals surface area contributed by atoms with Gasteiger partial charge in [-0.3, -0.25) is 9.89 Å². The molecule has 4 nitrogen and oxygen atoms in total. The summed E-state index contributed by atoms with van der Waals surface area (Å²) in [7, 11) is 0. The van der Waals surface area contributed by atoms with Crippen LogP contribution >= 0.6 is 11.8 Å². The zero-order valence-electron chi connectivity index (χ0n) is 11.7. The van der Waals surface area contributed by atoms with Crippen molar-refractivity contribution in [3.63, 3.8) is 0 Å². The molecule has 0 fully saturated rings. The molecule has 2 aromatic rings. The van der Waals surface area contributed by atoms with E-state index in [4.69, 9.17) is 0 Å². The van der Waals surface area contributed by atoms with Gasteiger partial charge in [0.25, 0.3) is 0 Å². The van der Waals surface area contributed by atoms with Crippen molar-refractivity contribution in [2.45, 2.75) is 31.3 Å². The Labute approximate surface area is 122 Å². The van der Waals surface area contributed by atoms with Gasteiger partial charge in [0, 0.05) is 11.3 Å². The largest absolute Gasteiger partial charge is 0.308 e. The summed E-state index contributed by atoms with van der Waals surface area (Å²) < 4.78 is 0. The number of hydrogen-bond donors (Lipinski definition) is 2. The predicted octanol–water partition coefficient (Wildman–Crippen LogP) is 3.19. The Morgan fingerprint density at radius 2 is 1.90 bits per heavy atom. The van der Waals surface area contributed by atoms with Crippen LogP contribution in [0.25, 0.3) is 0 Å². The van der Waals surface area contributed by atoms with Crippen molar-refractivity contribution in [3.05, 3.63) is 46.6 Å². The third-order valence-corrected chi connectivity index (χ3v) is 4.99. The number of aryl methyl sites for hydroxylation is 2. The Morgan fingerprint density at radius 3 is 2.60 bits per heavy atom. The van der Waals surface area contributed by atoms with E-state index in [-0.39, 0.29) is 16.4 Å². The second kappa shape index (κ2) is 4.98. The lowest BCUT2D eigenvalue weighted by molar-refractivity contribution is -0.115. The first-order chi connectivity index (χ1) is 9.56. The summed E-state index contributed by atoms with van der Waals surface area (Å²) in [6.45, 7) is 6.01. The Bertz CT molecular complexity index is 648. The Hall–Kier alpha value is -1.75. The highest BCUT2D eigenvalue weighted by atomic mass is 32.2. The number of anilines is 1. The number of carbonyl (C=O) groups is 1. The number of nitrogens with one attached hydrogen (secondary N) is 2. The van der Waals surface area contributed by atoms with E-state index < -0.39 is 0 Å². The van der Waals surface area contributed by atoms with Crippen molar-refractivity contribution >= 4 is 23.5 Å². The maximum Gasteiger partial charge on any atom is 0.238 e.